The maximum Gasteiger partial charge on any atom is 0.317 e. The Bertz CT molecular complexity index is 648. The van der Waals surface area contributed by atoms with Crippen LogP contribution in [0.3, 0.4) is 0 Å². The van der Waals surface area contributed by atoms with Crippen molar-refractivity contribution in [3.05, 3.63) is 35.4 Å². The van der Waals surface area contributed by atoms with E-state index < -0.39 is 0 Å². The third-order valence-electron chi connectivity index (χ3n) is 5.73. The lowest BCUT2D eigenvalue weighted by Crippen LogP contribution is -2.49. The lowest BCUT2D eigenvalue weighted by molar-refractivity contribution is -0.122. The van der Waals surface area contributed by atoms with Gasteiger partial charge in [-0.3, -0.25) is 4.79 Å². The molecule has 0 bridgehead atoms. The van der Waals surface area contributed by atoms with Crippen molar-refractivity contribution in [2.24, 2.45) is 11.7 Å². The highest BCUT2D eigenvalue weighted by molar-refractivity contribution is 5.77. The zero-order chi connectivity index (χ0) is 18.0. The maximum atomic E-state index is 12.8. The van der Waals surface area contributed by atoms with E-state index in [0.717, 1.165) is 38.6 Å². The van der Waals surface area contributed by atoms with Crippen LogP contribution in [0.4, 0.5) is 4.79 Å². The Balaban J connectivity index is 1.61. The van der Waals surface area contributed by atoms with E-state index in [1.165, 1.54) is 11.1 Å². The summed E-state index contributed by atoms with van der Waals surface area (Å²) < 4.78 is 0. The number of nitrogens with two attached hydrogens (primary N) is 1. The molecule has 1 fully saturated rings. The van der Waals surface area contributed by atoms with Crippen LogP contribution in [0.15, 0.2) is 24.3 Å². The molecule has 2 aliphatic rings. The first kappa shape index (κ1) is 17.8. The van der Waals surface area contributed by atoms with Crippen molar-refractivity contribution >= 4 is 11.9 Å². The summed E-state index contributed by atoms with van der Waals surface area (Å²) >= 11 is 0. The van der Waals surface area contributed by atoms with Crippen molar-refractivity contribution < 1.29 is 9.59 Å². The van der Waals surface area contributed by atoms with E-state index in [2.05, 4.69) is 43.4 Å². The minimum absolute atomic E-state index is 0.0170. The van der Waals surface area contributed by atoms with Gasteiger partial charge in [-0.25, -0.2) is 4.79 Å². The molecule has 5 heteroatoms. The minimum atomic E-state index is -0.211. The molecule has 1 heterocycles. The normalized spacial score (nSPS) is 25.6. The third kappa shape index (κ3) is 3.97. The van der Waals surface area contributed by atoms with E-state index in [0.29, 0.717) is 6.54 Å². The van der Waals surface area contributed by atoms with Gasteiger partial charge in [0, 0.05) is 30.5 Å². The van der Waals surface area contributed by atoms with Crippen LogP contribution in [0.2, 0.25) is 0 Å². The molecule has 1 aliphatic heterocycles. The molecule has 136 valence electrons. The molecular formula is C20H29N3O2. The summed E-state index contributed by atoms with van der Waals surface area (Å²) in [7, 11) is 0. The number of hydrogen-bond donors (Lipinski definition) is 2. The summed E-state index contributed by atoms with van der Waals surface area (Å²) in [5.74, 6) is -0.239. The predicted molar refractivity (Wildman–Crippen MR) is 98.2 cm³/mol. The molecule has 0 aromatic heterocycles. The van der Waals surface area contributed by atoms with Crippen molar-refractivity contribution in [1.29, 1.82) is 0 Å². The largest absolute Gasteiger partial charge is 0.369 e. The van der Waals surface area contributed by atoms with Crippen LogP contribution in [0.5, 0.6) is 0 Å². The molecule has 25 heavy (non-hydrogen) atoms. The summed E-state index contributed by atoms with van der Waals surface area (Å²) in [6.45, 7) is 5.86. The molecule has 0 saturated heterocycles. The fourth-order valence-corrected chi connectivity index (χ4v) is 4.26. The van der Waals surface area contributed by atoms with Gasteiger partial charge in [-0.2, -0.15) is 0 Å². The van der Waals surface area contributed by atoms with Gasteiger partial charge in [-0.05, 0) is 43.2 Å². The maximum absolute atomic E-state index is 12.8. The predicted octanol–water partition coefficient (Wildman–Crippen LogP) is 2.58. The first-order chi connectivity index (χ1) is 11.9. The smallest absolute Gasteiger partial charge is 0.317 e. The fraction of sp³-hybridized carbons (Fsp3) is 0.600. The second-order valence-corrected chi connectivity index (χ2v) is 8.11. The second-order valence-electron chi connectivity index (χ2n) is 8.11. The number of fused-ring (bicyclic) bond motifs is 1. The van der Waals surface area contributed by atoms with Crippen LogP contribution < -0.4 is 11.1 Å². The second kappa shape index (κ2) is 7.06. The van der Waals surface area contributed by atoms with Crippen LogP contribution in [0, 0.1) is 5.92 Å². The van der Waals surface area contributed by atoms with E-state index in [1.807, 2.05) is 4.90 Å². The average Bonchev–Trinajstić information content (AvgIpc) is 2.72. The molecule has 1 aliphatic carbocycles. The molecule has 3 rings (SSSR count). The number of hydrogen-bond acceptors (Lipinski definition) is 2. The van der Waals surface area contributed by atoms with Gasteiger partial charge in [0.05, 0.1) is 0 Å². The van der Waals surface area contributed by atoms with Crippen LogP contribution in [0.1, 0.15) is 50.7 Å². The first-order valence-electron chi connectivity index (χ1n) is 9.30. The quantitative estimate of drug-likeness (QED) is 0.866. The van der Waals surface area contributed by atoms with E-state index >= 15 is 0 Å². The number of rotatable bonds is 2. The zero-order valence-electron chi connectivity index (χ0n) is 15.3. The van der Waals surface area contributed by atoms with Crippen molar-refractivity contribution in [3.63, 3.8) is 0 Å². The van der Waals surface area contributed by atoms with E-state index in [-0.39, 0.29) is 29.3 Å². The number of carbonyl (C=O) groups excluding carboxylic acids is 2. The van der Waals surface area contributed by atoms with E-state index in [4.69, 9.17) is 5.73 Å². The van der Waals surface area contributed by atoms with Gasteiger partial charge >= 0.3 is 6.03 Å². The third-order valence-corrected chi connectivity index (χ3v) is 5.73. The number of amides is 3. The monoisotopic (exact) mass is 343 g/mol. The molecule has 0 unspecified atom stereocenters. The van der Waals surface area contributed by atoms with Crippen LogP contribution >= 0.6 is 0 Å². The van der Waals surface area contributed by atoms with Gasteiger partial charge in [-0.1, -0.05) is 38.1 Å². The zero-order valence-corrected chi connectivity index (χ0v) is 15.3. The minimum Gasteiger partial charge on any atom is -0.369 e. The Hall–Kier alpha value is -2.04. The molecule has 5 nitrogen and oxygen atoms in total. The Labute approximate surface area is 150 Å². The lowest BCUT2D eigenvalue weighted by atomic mass is 9.82. The highest BCUT2D eigenvalue weighted by Gasteiger charge is 2.33. The van der Waals surface area contributed by atoms with Crippen molar-refractivity contribution in [1.82, 2.24) is 10.2 Å². The lowest BCUT2D eigenvalue weighted by Gasteiger charge is -2.33. The van der Waals surface area contributed by atoms with Crippen molar-refractivity contribution in [3.8, 4) is 0 Å². The van der Waals surface area contributed by atoms with Crippen molar-refractivity contribution in [2.45, 2.75) is 57.4 Å². The summed E-state index contributed by atoms with van der Waals surface area (Å²) in [6, 6.07) is 8.67. The van der Waals surface area contributed by atoms with Gasteiger partial charge in [-0.15, -0.1) is 0 Å². The van der Waals surface area contributed by atoms with Crippen LogP contribution in [-0.2, 0) is 16.6 Å². The molecule has 0 atom stereocenters. The molecule has 1 saturated carbocycles. The summed E-state index contributed by atoms with van der Waals surface area (Å²) in [6.07, 6.45) is 4.10. The topological polar surface area (TPSA) is 75.4 Å². The SMILES string of the molecule is CC1(C)CN(C(=O)NC2CCC(C(N)=O)CC2)CCc2ccccc21. The molecule has 3 N–H and O–H groups in total. The number of benzene rings is 1. The van der Waals surface area contributed by atoms with Crippen LogP contribution in [-0.4, -0.2) is 36.0 Å². The molecule has 1 aromatic carbocycles. The number of primary amides is 1. The number of carbonyl (C=O) groups is 2. The van der Waals surface area contributed by atoms with Gasteiger partial charge in [0.15, 0.2) is 0 Å². The van der Waals surface area contributed by atoms with E-state index in [1.54, 1.807) is 0 Å². The van der Waals surface area contributed by atoms with Gasteiger partial charge < -0.3 is 16.0 Å². The van der Waals surface area contributed by atoms with E-state index in [9.17, 15) is 9.59 Å². The average molecular weight is 343 g/mol. The highest BCUT2D eigenvalue weighted by Crippen LogP contribution is 2.31. The number of nitrogens with zero attached hydrogens (tertiary/aromatic N) is 1. The van der Waals surface area contributed by atoms with Gasteiger partial charge in [0.1, 0.15) is 0 Å². The molecule has 0 spiro atoms. The molecule has 0 radical (unpaired) electrons. The summed E-state index contributed by atoms with van der Waals surface area (Å²) in [4.78, 5) is 26.0. The Morgan fingerprint density at radius 1 is 1.16 bits per heavy atom. The Kier molecular flexibility index (Phi) is 5.02. The standard InChI is InChI=1S/C20H29N3O2/c1-20(2)13-23(12-11-14-5-3-4-6-17(14)20)19(25)22-16-9-7-15(8-10-16)18(21)24/h3-6,15-16H,7-13H2,1-2H3,(H2,21,24)(H,22,25). The number of nitrogens with one attached hydrogen (secondary N) is 1. The highest BCUT2D eigenvalue weighted by atomic mass is 16.2. The van der Waals surface area contributed by atoms with Crippen LogP contribution in [0.25, 0.3) is 0 Å². The molecule has 3 amide bonds. The van der Waals surface area contributed by atoms with Gasteiger partial charge in [0.25, 0.3) is 0 Å². The molecule has 1 aromatic rings. The Morgan fingerprint density at radius 2 is 1.84 bits per heavy atom. The Morgan fingerprint density at radius 3 is 2.52 bits per heavy atom. The summed E-state index contributed by atoms with van der Waals surface area (Å²) in [5, 5.41) is 3.18. The van der Waals surface area contributed by atoms with Crippen molar-refractivity contribution in [2.75, 3.05) is 13.1 Å². The molecular weight excluding hydrogens is 314 g/mol. The summed E-state index contributed by atoms with van der Waals surface area (Å²) in [5.41, 5.74) is 8.00. The fourth-order valence-electron chi connectivity index (χ4n) is 4.26. The first-order valence-corrected chi connectivity index (χ1v) is 9.30. The van der Waals surface area contributed by atoms with Gasteiger partial charge in [0.2, 0.25) is 5.91 Å². The number of urea groups is 1.